The number of hydrogen-bond acceptors (Lipinski definition) is 4. The number of nitrogens with zero attached hydrogens (tertiary/aromatic N) is 3. The molecule has 1 heterocycles. The van der Waals surface area contributed by atoms with Gasteiger partial charge in [-0.3, -0.25) is 5.01 Å². The van der Waals surface area contributed by atoms with Gasteiger partial charge in [0, 0.05) is 25.0 Å². The van der Waals surface area contributed by atoms with E-state index in [2.05, 4.69) is 5.10 Å². The summed E-state index contributed by atoms with van der Waals surface area (Å²) in [5.74, 6) is 0.554. The third-order valence-corrected chi connectivity index (χ3v) is 2.83. The van der Waals surface area contributed by atoms with Gasteiger partial charge in [0.2, 0.25) is 0 Å². The van der Waals surface area contributed by atoms with Crippen molar-refractivity contribution in [1.29, 1.82) is 0 Å². The molecule has 0 bridgehead atoms. The lowest BCUT2D eigenvalue weighted by Crippen LogP contribution is -2.38. The molecule has 1 aliphatic heterocycles. The first-order valence-electron chi connectivity index (χ1n) is 4.89. The van der Waals surface area contributed by atoms with Crippen LogP contribution in [-0.2, 0) is 0 Å². The largest absolute Gasteiger partial charge is 0.332 e. The van der Waals surface area contributed by atoms with Crippen molar-refractivity contribution in [3.63, 3.8) is 0 Å². The topological polar surface area (TPSA) is 18.8 Å². The van der Waals surface area contributed by atoms with Crippen molar-refractivity contribution in [2.45, 2.75) is 6.17 Å². The van der Waals surface area contributed by atoms with E-state index >= 15 is 0 Å². The molecule has 0 N–H and O–H groups in total. The Bertz CT molecular complexity index is 429. The van der Waals surface area contributed by atoms with Crippen LogP contribution in [0.2, 0.25) is 0 Å². The highest BCUT2D eigenvalue weighted by Crippen LogP contribution is 2.17. The number of hydrogen-bond donors (Lipinski definition) is 0. The van der Waals surface area contributed by atoms with E-state index in [-0.39, 0.29) is 12.0 Å². The Morgan fingerprint density at radius 2 is 1.94 bits per heavy atom. The van der Waals surface area contributed by atoms with Gasteiger partial charge in [0.15, 0.2) is 5.84 Å². The average molecular weight is 237 g/mol. The molecule has 2 rings (SSSR count). The predicted octanol–water partition coefficient (Wildman–Crippen LogP) is 1.69. The zero-order chi connectivity index (χ0) is 11.7. The second kappa shape index (κ2) is 4.17. The van der Waals surface area contributed by atoms with Crippen molar-refractivity contribution in [1.82, 2.24) is 9.91 Å². The fraction of sp³-hybridized carbons (Fsp3) is 0.273. The van der Waals surface area contributed by atoms with E-state index in [1.807, 2.05) is 19.0 Å². The van der Waals surface area contributed by atoms with E-state index in [1.54, 1.807) is 22.5 Å². The molecule has 16 heavy (non-hydrogen) atoms. The molecule has 0 saturated carbocycles. The Morgan fingerprint density at radius 1 is 1.31 bits per heavy atom. The lowest BCUT2D eigenvalue weighted by Gasteiger charge is -2.22. The molecule has 0 amide bonds. The molecule has 84 valence electrons. The van der Waals surface area contributed by atoms with Gasteiger partial charge in [-0.05, 0) is 24.3 Å². The molecule has 3 nitrogen and oxygen atoms in total. The summed E-state index contributed by atoms with van der Waals surface area (Å²) < 4.78 is 12.8. The van der Waals surface area contributed by atoms with Gasteiger partial charge in [0.1, 0.15) is 12.0 Å². The summed E-state index contributed by atoms with van der Waals surface area (Å²) in [6.45, 7) is 0. The number of thiocarbonyl (C=S) groups is 1. The molecule has 0 spiro atoms. The maximum atomic E-state index is 12.8. The maximum absolute atomic E-state index is 12.8. The second-order valence-electron chi connectivity index (χ2n) is 3.66. The molecule has 0 fully saturated rings. The summed E-state index contributed by atoms with van der Waals surface area (Å²) in [5, 5.41) is 7.81. The van der Waals surface area contributed by atoms with Crippen LogP contribution in [0.5, 0.6) is 0 Å². The SMILES string of the molecule is CN1N=C(c2ccc(F)cc2)N(C)C1C=S. The monoisotopic (exact) mass is 237 g/mol. The predicted molar refractivity (Wildman–Crippen MR) is 65.9 cm³/mol. The molecular formula is C11H12FN3S. The molecule has 0 aliphatic carbocycles. The summed E-state index contributed by atoms with van der Waals surface area (Å²) >= 11 is 4.95. The number of halogens is 1. The zero-order valence-corrected chi connectivity index (χ0v) is 9.91. The first-order chi connectivity index (χ1) is 7.63. The van der Waals surface area contributed by atoms with Gasteiger partial charge in [-0.1, -0.05) is 12.2 Å². The maximum Gasteiger partial charge on any atom is 0.157 e. The Balaban J connectivity index is 2.32. The van der Waals surface area contributed by atoms with Crippen LogP contribution in [0.4, 0.5) is 4.39 Å². The van der Waals surface area contributed by atoms with Crippen molar-refractivity contribution in [2.24, 2.45) is 5.10 Å². The Hall–Kier alpha value is -1.49. The van der Waals surface area contributed by atoms with Crippen LogP contribution in [0.25, 0.3) is 0 Å². The summed E-state index contributed by atoms with van der Waals surface area (Å²) in [4.78, 5) is 1.96. The number of amidine groups is 1. The molecule has 0 radical (unpaired) electrons. The Morgan fingerprint density at radius 3 is 2.44 bits per heavy atom. The standard InChI is InChI=1S/C11H12FN3S/c1-14-10(7-16)15(2)13-11(14)8-3-5-9(12)6-4-8/h3-7,10H,1-2H3. The van der Waals surface area contributed by atoms with Crippen LogP contribution in [-0.4, -0.2) is 41.4 Å². The van der Waals surface area contributed by atoms with E-state index in [0.717, 1.165) is 11.4 Å². The fourth-order valence-corrected chi connectivity index (χ4v) is 2.05. The average Bonchev–Trinajstić information content (AvgIpc) is 2.55. The van der Waals surface area contributed by atoms with Crippen LogP contribution < -0.4 is 0 Å². The molecule has 5 heteroatoms. The van der Waals surface area contributed by atoms with Gasteiger partial charge in [0.05, 0.1) is 0 Å². The van der Waals surface area contributed by atoms with Crippen molar-refractivity contribution < 1.29 is 4.39 Å². The highest BCUT2D eigenvalue weighted by Gasteiger charge is 2.27. The van der Waals surface area contributed by atoms with Gasteiger partial charge in [-0.15, -0.1) is 0 Å². The van der Waals surface area contributed by atoms with Crippen LogP contribution >= 0.6 is 12.2 Å². The van der Waals surface area contributed by atoms with Crippen molar-refractivity contribution in [3.8, 4) is 0 Å². The minimum Gasteiger partial charge on any atom is -0.332 e. The van der Waals surface area contributed by atoms with Crippen LogP contribution in [0, 0.1) is 5.82 Å². The quantitative estimate of drug-likeness (QED) is 0.729. The van der Waals surface area contributed by atoms with Crippen LogP contribution in [0.15, 0.2) is 29.4 Å². The minimum absolute atomic E-state index is 0.0185. The minimum atomic E-state index is -0.246. The molecule has 0 aromatic heterocycles. The number of hydrazone groups is 1. The molecular weight excluding hydrogens is 225 g/mol. The highest BCUT2D eigenvalue weighted by molar-refractivity contribution is 7.79. The Labute approximate surface area is 99.2 Å². The van der Waals surface area contributed by atoms with E-state index in [0.29, 0.717) is 0 Å². The van der Waals surface area contributed by atoms with Gasteiger partial charge in [-0.2, -0.15) is 5.10 Å². The first-order valence-corrected chi connectivity index (χ1v) is 5.36. The number of rotatable bonds is 2. The fourth-order valence-electron chi connectivity index (χ4n) is 1.69. The van der Waals surface area contributed by atoms with Gasteiger partial charge in [-0.25, -0.2) is 4.39 Å². The molecule has 1 atom stereocenters. The summed E-state index contributed by atoms with van der Waals surface area (Å²) in [6, 6.07) is 6.28. The van der Waals surface area contributed by atoms with E-state index in [1.165, 1.54) is 12.1 Å². The summed E-state index contributed by atoms with van der Waals surface area (Å²) in [6.07, 6.45) is -0.0185. The third-order valence-electron chi connectivity index (χ3n) is 2.59. The molecule has 1 aromatic rings. The van der Waals surface area contributed by atoms with Crippen molar-refractivity contribution in [2.75, 3.05) is 14.1 Å². The molecule has 1 unspecified atom stereocenters. The van der Waals surface area contributed by atoms with Crippen LogP contribution in [0.3, 0.4) is 0 Å². The zero-order valence-electron chi connectivity index (χ0n) is 9.09. The molecule has 0 saturated heterocycles. The third kappa shape index (κ3) is 1.78. The summed E-state index contributed by atoms with van der Waals surface area (Å²) in [5.41, 5.74) is 0.884. The summed E-state index contributed by atoms with van der Waals surface area (Å²) in [7, 11) is 3.78. The number of benzene rings is 1. The Kier molecular flexibility index (Phi) is 2.87. The first kappa shape index (κ1) is 11.0. The van der Waals surface area contributed by atoms with Gasteiger partial charge < -0.3 is 4.90 Å². The van der Waals surface area contributed by atoms with Gasteiger partial charge >= 0.3 is 0 Å². The van der Waals surface area contributed by atoms with Crippen LogP contribution in [0.1, 0.15) is 5.56 Å². The van der Waals surface area contributed by atoms with Gasteiger partial charge in [0.25, 0.3) is 0 Å². The van der Waals surface area contributed by atoms with E-state index < -0.39 is 0 Å². The molecule has 1 aliphatic rings. The normalized spacial score (nSPS) is 19.9. The van der Waals surface area contributed by atoms with Crippen molar-refractivity contribution >= 4 is 23.4 Å². The second-order valence-corrected chi connectivity index (χ2v) is 3.94. The van der Waals surface area contributed by atoms with E-state index in [9.17, 15) is 4.39 Å². The lowest BCUT2D eigenvalue weighted by molar-refractivity contribution is 0.253. The van der Waals surface area contributed by atoms with Crippen molar-refractivity contribution in [3.05, 3.63) is 35.6 Å². The van der Waals surface area contributed by atoms with E-state index in [4.69, 9.17) is 12.2 Å². The molecule has 1 aromatic carbocycles. The highest BCUT2D eigenvalue weighted by atomic mass is 32.1. The smallest absolute Gasteiger partial charge is 0.157 e. The lowest BCUT2D eigenvalue weighted by atomic mass is 10.2.